The number of esters is 1. The Bertz CT molecular complexity index is 851. The van der Waals surface area contributed by atoms with Gasteiger partial charge in [0, 0.05) is 6.07 Å². The first-order valence-corrected chi connectivity index (χ1v) is 7.54. The highest BCUT2D eigenvalue weighted by molar-refractivity contribution is 7.13. The summed E-state index contributed by atoms with van der Waals surface area (Å²) in [7, 11) is 1.30. The molecule has 1 aromatic carbocycles. The largest absolute Gasteiger partial charge is 0.478 e. The molecule has 3 aromatic rings. The fraction of sp³-hybridized carbons (Fsp3) is 0.0625. The second kappa shape index (κ2) is 6.05. The molecule has 0 saturated carbocycles. The van der Waals surface area contributed by atoms with Crippen LogP contribution in [0.2, 0.25) is 0 Å². The van der Waals surface area contributed by atoms with Crippen molar-refractivity contribution in [2.24, 2.45) is 0 Å². The van der Waals surface area contributed by atoms with E-state index in [9.17, 15) is 9.59 Å². The van der Waals surface area contributed by atoms with Gasteiger partial charge < -0.3 is 9.84 Å². The van der Waals surface area contributed by atoms with Gasteiger partial charge in [0.15, 0.2) is 5.69 Å². The number of carbonyl (C=O) groups is 2. The molecular formula is C16H12N2O4S. The summed E-state index contributed by atoms with van der Waals surface area (Å²) in [5.41, 5.74) is 1.78. The van der Waals surface area contributed by atoms with Crippen molar-refractivity contribution in [3.8, 4) is 16.3 Å². The average Bonchev–Trinajstić information content (AvgIpc) is 3.23. The quantitative estimate of drug-likeness (QED) is 0.744. The van der Waals surface area contributed by atoms with Crippen LogP contribution in [0.15, 0.2) is 47.8 Å². The zero-order valence-electron chi connectivity index (χ0n) is 12.1. The zero-order chi connectivity index (χ0) is 16.4. The third kappa shape index (κ3) is 2.86. The van der Waals surface area contributed by atoms with E-state index < -0.39 is 11.9 Å². The SMILES string of the molecule is COC(=O)c1cc(-c2cccs2)n(-c2ccc(C(=O)O)cc2)n1. The Morgan fingerprint density at radius 2 is 1.96 bits per heavy atom. The molecule has 2 aromatic heterocycles. The van der Waals surface area contributed by atoms with Crippen molar-refractivity contribution in [1.82, 2.24) is 9.78 Å². The number of carboxylic acid groups (broad SMARTS) is 1. The van der Waals surface area contributed by atoms with Crippen LogP contribution in [0.3, 0.4) is 0 Å². The summed E-state index contributed by atoms with van der Waals surface area (Å²) in [5.74, 6) is -1.52. The van der Waals surface area contributed by atoms with Crippen molar-refractivity contribution >= 4 is 23.3 Å². The molecule has 0 bridgehead atoms. The van der Waals surface area contributed by atoms with Crippen LogP contribution in [0, 0.1) is 0 Å². The molecule has 0 aliphatic carbocycles. The minimum atomic E-state index is -0.995. The summed E-state index contributed by atoms with van der Waals surface area (Å²) < 4.78 is 6.32. The van der Waals surface area contributed by atoms with Crippen LogP contribution in [0.25, 0.3) is 16.3 Å². The van der Waals surface area contributed by atoms with Crippen LogP contribution in [-0.4, -0.2) is 33.9 Å². The van der Waals surface area contributed by atoms with Crippen molar-refractivity contribution in [2.75, 3.05) is 7.11 Å². The molecule has 0 radical (unpaired) electrons. The number of aromatic nitrogens is 2. The Morgan fingerprint density at radius 1 is 1.22 bits per heavy atom. The third-order valence-corrected chi connectivity index (χ3v) is 4.13. The maximum Gasteiger partial charge on any atom is 0.358 e. The molecule has 23 heavy (non-hydrogen) atoms. The molecule has 0 aliphatic heterocycles. The summed E-state index contributed by atoms with van der Waals surface area (Å²) in [6.45, 7) is 0. The van der Waals surface area contributed by atoms with Crippen molar-refractivity contribution in [2.45, 2.75) is 0 Å². The molecule has 0 spiro atoms. The minimum Gasteiger partial charge on any atom is -0.478 e. The number of aromatic carboxylic acids is 1. The second-order valence-electron chi connectivity index (χ2n) is 4.65. The summed E-state index contributed by atoms with van der Waals surface area (Å²) in [4.78, 5) is 23.6. The van der Waals surface area contributed by atoms with Crippen molar-refractivity contribution in [3.63, 3.8) is 0 Å². The van der Waals surface area contributed by atoms with Gasteiger partial charge in [0.05, 0.1) is 28.9 Å². The molecule has 3 rings (SSSR count). The van der Waals surface area contributed by atoms with E-state index in [0.717, 1.165) is 10.6 Å². The molecule has 0 aliphatic rings. The van der Waals surface area contributed by atoms with Gasteiger partial charge in [0.2, 0.25) is 0 Å². The Hall–Kier alpha value is -2.93. The number of benzene rings is 1. The minimum absolute atomic E-state index is 0.187. The summed E-state index contributed by atoms with van der Waals surface area (Å²) >= 11 is 1.52. The lowest BCUT2D eigenvalue weighted by molar-refractivity contribution is 0.0592. The number of carboxylic acids is 1. The Morgan fingerprint density at radius 3 is 2.52 bits per heavy atom. The number of nitrogens with zero attached hydrogens (tertiary/aromatic N) is 2. The van der Waals surface area contributed by atoms with Gasteiger partial charge in [-0.3, -0.25) is 0 Å². The lowest BCUT2D eigenvalue weighted by Crippen LogP contribution is -2.05. The van der Waals surface area contributed by atoms with E-state index in [0.29, 0.717) is 5.69 Å². The molecule has 6 nitrogen and oxygen atoms in total. The first-order chi connectivity index (χ1) is 11.1. The summed E-state index contributed by atoms with van der Waals surface area (Å²) in [5, 5.41) is 15.2. The number of rotatable bonds is 4. The molecule has 0 saturated heterocycles. The molecule has 0 fully saturated rings. The van der Waals surface area contributed by atoms with Crippen LogP contribution in [0.4, 0.5) is 0 Å². The van der Waals surface area contributed by atoms with Gasteiger partial charge in [-0.05, 0) is 35.7 Å². The number of hydrogen-bond acceptors (Lipinski definition) is 5. The number of methoxy groups -OCH3 is 1. The number of carbonyl (C=O) groups excluding carboxylic acids is 1. The van der Waals surface area contributed by atoms with Crippen LogP contribution in [0.1, 0.15) is 20.8 Å². The third-order valence-electron chi connectivity index (χ3n) is 3.24. The molecule has 116 valence electrons. The molecular weight excluding hydrogens is 316 g/mol. The van der Waals surface area contributed by atoms with E-state index in [1.54, 1.807) is 22.9 Å². The number of ether oxygens (including phenoxy) is 1. The van der Waals surface area contributed by atoms with E-state index in [1.807, 2.05) is 17.5 Å². The Labute approximate surface area is 135 Å². The van der Waals surface area contributed by atoms with E-state index >= 15 is 0 Å². The van der Waals surface area contributed by atoms with E-state index in [2.05, 4.69) is 5.10 Å². The van der Waals surface area contributed by atoms with Crippen molar-refractivity contribution < 1.29 is 19.4 Å². The second-order valence-corrected chi connectivity index (χ2v) is 5.60. The topological polar surface area (TPSA) is 81.4 Å². The van der Waals surface area contributed by atoms with Crippen molar-refractivity contribution in [1.29, 1.82) is 0 Å². The fourth-order valence-corrected chi connectivity index (χ4v) is 2.85. The molecule has 7 heteroatoms. The van der Waals surface area contributed by atoms with E-state index in [1.165, 1.54) is 30.6 Å². The van der Waals surface area contributed by atoms with E-state index in [-0.39, 0.29) is 11.3 Å². The smallest absolute Gasteiger partial charge is 0.358 e. The lowest BCUT2D eigenvalue weighted by Gasteiger charge is -2.06. The molecule has 1 N–H and O–H groups in total. The van der Waals surface area contributed by atoms with Gasteiger partial charge in [-0.1, -0.05) is 6.07 Å². The summed E-state index contributed by atoms with van der Waals surface area (Å²) in [6.07, 6.45) is 0. The molecule has 0 amide bonds. The molecule has 0 unspecified atom stereocenters. The monoisotopic (exact) mass is 328 g/mol. The van der Waals surface area contributed by atoms with Gasteiger partial charge in [-0.25, -0.2) is 14.3 Å². The summed E-state index contributed by atoms with van der Waals surface area (Å²) in [6, 6.07) is 11.8. The lowest BCUT2D eigenvalue weighted by atomic mass is 10.2. The maximum absolute atomic E-state index is 11.8. The van der Waals surface area contributed by atoms with Gasteiger partial charge in [0.25, 0.3) is 0 Å². The van der Waals surface area contributed by atoms with Gasteiger partial charge in [0.1, 0.15) is 0 Å². The van der Waals surface area contributed by atoms with Gasteiger partial charge >= 0.3 is 11.9 Å². The number of hydrogen-bond donors (Lipinski definition) is 1. The van der Waals surface area contributed by atoms with Crippen LogP contribution >= 0.6 is 11.3 Å². The average molecular weight is 328 g/mol. The highest BCUT2D eigenvalue weighted by Crippen LogP contribution is 2.28. The van der Waals surface area contributed by atoms with E-state index in [4.69, 9.17) is 9.84 Å². The highest BCUT2D eigenvalue weighted by Gasteiger charge is 2.17. The predicted octanol–water partition coefficient (Wildman–Crippen LogP) is 3.09. The first kappa shape index (κ1) is 15.0. The van der Waals surface area contributed by atoms with Crippen LogP contribution in [0.5, 0.6) is 0 Å². The molecule has 2 heterocycles. The van der Waals surface area contributed by atoms with Gasteiger partial charge in [-0.15, -0.1) is 11.3 Å². The standard InChI is InChI=1S/C16H12N2O4S/c1-22-16(21)12-9-13(14-3-2-8-23-14)18(17-12)11-6-4-10(5-7-11)15(19)20/h2-9H,1H3,(H,19,20). The normalized spacial score (nSPS) is 10.5. The van der Waals surface area contributed by atoms with Crippen LogP contribution in [-0.2, 0) is 4.74 Å². The van der Waals surface area contributed by atoms with Crippen LogP contribution < -0.4 is 0 Å². The Kier molecular flexibility index (Phi) is 3.94. The first-order valence-electron chi connectivity index (χ1n) is 6.66. The zero-order valence-corrected chi connectivity index (χ0v) is 12.9. The fourth-order valence-electron chi connectivity index (χ4n) is 2.13. The van der Waals surface area contributed by atoms with Crippen molar-refractivity contribution in [3.05, 3.63) is 59.1 Å². The van der Waals surface area contributed by atoms with Gasteiger partial charge in [-0.2, -0.15) is 5.10 Å². The maximum atomic E-state index is 11.8. The predicted molar refractivity (Wildman–Crippen MR) is 85.2 cm³/mol. The number of thiophene rings is 1. The molecule has 0 atom stereocenters. The highest BCUT2D eigenvalue weighted by atomic mass is 32.1. The Balaban J connectivity index is 2.11.